The van der Waals surface area contributed by atoms with Crippen LogP contribution in [0.3, 0.4) is 0 Å². The lowest BCUT2D eigenvalue weighted by Crippen LogP contribution is -2.23. The van der Waals surface area contributed by atoms with Crippen LogP contribution in [0, 0.1) is 6.92 Å². The summed E-state index contributed by atoms with van der Waals surface area (Å²) in [6.45, 7) is 4.03. The monoisotopic (exact) mass is 225 g/mol. The van der Waals surface area contributed by atoms with E-state index in [4.69, 9.17) is 0 Å². The third-order valence-electron chi connectivity index (χ3n) is 2.50. The van der Waals surface area contributed by atoms with Gasteiger partial charge >= 0.3 is 0 Å². The summed E-state index contributed by atoms with van der Waals surface area (Å²) in [5.41, 5.74) is 2.47. The maximum atomic E-state index is 11.5. The Kier molecular flexibility index (Phi) is 4.99. The van der Waals surface area contributed by atoms with Crippen LogP contribution in [0.15, 0.2) is 24.3 Å². The minimum Gasteiger partial charge on any atom is -0.312 e. The molecule has 1 aromatic rings. The number of hydrogen-bond acceptors (Lipinski definition) is 2. The molecule has 0 radical (unpaired) electrons. The van der Waals surface area contributed by atoms with E-state index in [-0.39, 0.29) is 6.04 Å². The van der Waals surface area contributed by atoms with Crippen molar-refractivity contribution < 1.29 is 4.21 Å². The van der Waals surface area contributed by atoms with E-state index in [9.17, 15) is 4.21 Å². The van der Waals surface area contributed by atoms with Crippen LogP contribution < -0.4 is 5.32 Å². The molecule has 84 valence electrons. The van der Waals surface area contributed by atoms with Gasteiger partial charge in [-0.15, -0.1) is 0 Å². The number of hydrogen-bond donors (Lipinski definition) is 1. The van der Waals surface area contributed by atoms with Gasteiger partial charge in [-0.3, -0.25) is 4.21 Å². The largest absolute Gasteiger partial charge is 0.312 e. The Balaban J connectivity index is 2.74. The van der Waals surface area contributed by atoms with Crippen molar-refractivity contribution in [2.24, 2.45) is 0 Å². The molecule has 2 unspecified atom stereocenters. The van der Waals surface area contributed by atoms with Crippen molar-refractivity contribution in [1.29, 1.82) is 0 Å². The molecule has 0 amide bonds. The minimum absolute atomic E-state index is 0.200. The van der Waals surface area contributed by atoms with E-state index < -0.39 is 10.8 Å². The van der Waals surface area contributed by atoms with Gasteiger partial charge in [0.1, 0.15) is 0 Å². The molecule has 3 heteroatoms. The first-order valence-electron chi connectivity index (χ1n) is 5.26. The zero-order valence-electron chi connectivity index (χ0n) is 9.62. The number of benzene rings is 1. The molecule has 1 rings (SSSR count). The molecule has 0 spiro atoms. The standard InChI is InChI=1S/C12H19NOS/c1-4-15(14)9-12(13-3)11-7-5-10(2)6-8-11/h5-8,12-13H,4,9H2,1-3H3. The number of nitrogens with one attached hydrogen (secondary N) is 1. The number of aryl methyl sites for hydroxylation is 1. The molecule has 0 aliphatic carbocycles. The van der Waals surface area contributed by atoms with Crippen molar-refractivity contribution in [3.05, 3.63) is 35.4 Å². The summed E-state index contributed by atoms with van der Waals surface area (Å²) >= 11 is 0. The predicted octanol–water partition coefficient (Wildman–Crippen LogP) is 2.02. The summed E-state index contributed by atoms with van der Waals surface area (Å²) in [7, 11) is 1.19. The van der Waals surface area contributed by atoms with Gasteiger partial charge < -0.3 is 5.32 Å². The highest BCUT2D eigenvalue weighted by atomic mass is 32.2. The van der Waals surface area contributed by atoms with Crippen molar-refractivity contribution in [1.82, 2.24) is 5.32 Å². The SMILES string of the molecule is CCS(=O)CC(NC)c1ccc(C)cc1. The van der Waals surface area contributed by atoms with Crippen LogP contribution in [0.25, 0.3) is 0 Å². The highest BCUT2D eigenvalue weighted by Crippen LogP contribution is 2.14. The first kappa shape index (κ1) is 12.4. The van der Waals surface area contributed by atoms with Gasteiger partial charge in [0, 0.05) is 28.3 Å². The third-order valence-corrected chi connectivity index (χ3v) is 3.85. The lowest BCUT2D eigenvalue weighted by molar-refractivity contribution is 0.636. The van der Waals surface area contributed by atoms with Crippen molar-refractivity contribution in [3.63, 3.8) is 0 Å². The second kappa shape index (κ2) is 6.03. The van der Waals surface area contributed by atoms with Gasteiger partial charge in [-0.1, -0.05) is 36.8 Å². The molecule has 0 fully saturated rings. The molecule has 1 N–H and O–H groups in total. The zero-order chi connectivity index (χ0) is 11.3. The predicted molar refractivity (Wildman–Crippen MR) is 66.5 cm³/mol. The quantitative estimate of drug-likeness (QED) is 0.830. The van der Waals surface area contributed by atoms with Crippen LogP contribution in [-0.4, -0.2) is 22.8 Å². The van der Waals surface area contributed by atoms with E-state index >= 15 is 0 Å². The Morgan fingerprint density at radius 2 is 1.93 bits per heavy atom. The van der Waals surface area contributed by atoms with Gasteiger partial charge in [-0.05, 0) is 19.5 Å². The molecule has 0 aliphatic rings. The molecular weight excluding hydrogens is 206 g/mol. The molecule has 1 aromatic carbocycles. The lowest BCUT2D eigenvalue weighted by atomic mass is 10.1. The Labute approximate surface area is 94.5 Å². The maximum absolute atomic E-state index is 11.5. The van der Waals surface area contributed by atoms with E-state index in [0.717, 1.165) is 5.75 Å². The fourth-order valence-corrected chi connectivity index (χ4v) is 2.42. The summed E-state index contributed by atoms with van der Waals surface area (Å²) in [4.78, 5) is 0. The summed E-state index contributed by atoms with van der Waals surface area (Å²) in [6.07, 6.45) is 0. The van der Waals surface area contributed by atoms with Gasteiger partial charge in [0.15, 0.2) is 0 Å². The van der Waals surface area contributed by atoms with Crippen molar-refractivity contribution in [2.75, 3.05) is 18.6 Å². The van der Waals surface area contributed by atoms with Crippen LogP contribution in [0.5, 0.6) is 0 Å². The van der Waals surface area contributed by atoms with Crippen LogP contribution in [0.1, 0.15) is 24.1 Å². The topological polar surface area (TPSA) is 29.1 Å². The van der Waals surface area contributed by atoms with E-state index in [1.807, 2.05) is 14.0 Å². The smallest absolute Gasteiger partial charge is 0.0434 e. The normalized spacial score (nSPS) is 14.9. The summed E-state index contributed by atoms with van der Waals surface area (Å²) in [6, 6.07) is 8.59. The average Bonchev–Trinajstić information content (AvgIpc) is 2.27. The molecule has 0 bridgehead atoms. The highest BCUT2D eigenvalue weighted by Gasteiger charge is 2.11. The van der Waals surface area contributed by atoms with E-state index in [1.165, 1.54) is 11.1 Å². The molecule has 0 aliphatic heterocycles. The molecule has 2 nitrogen and oxygen atoms in total. The molecule has 2 atom stereocenters. The molecular formula is C12H19NOS. The van der Waals surface area contributed by atoms with Crippen LogP contribution in [0.4, 0.5) is 0 Å². The van der Waals surface area contributed by atoms with Crippen molar-refractivity contribution in [2.45, 2.75) is 19.9 Å². The molecule has 15 heavy (non-hydrogen) atoms. The first-order valence-corrected chi connectivity index (χ1v) is 6.75. The van der Waals surface area contributed by atoms with Gasteiger partial charge in [0.05, 0.1) is 0 Å². The maximum Gasteiger partial charge on any atom is 0.0434 e. The van der Waals surface area contributed by atoms with Gasteiger partial charge in [-0.25, -0.2) is 0 Å². The average molecular weight is 225 g/mol. The second-order valence-corrected chi connectivity index (χ2v) is 5.44. The molecule has 0 saturated heterocycles. The summed E-state index contributed by atoms with van der Waals surface area (Å²) < 4.78 is 11.5. The van der Waals surface area contributed by atoms with Crippen molar-refractivity contribution >= 4 is 10.8 Å². The Morgan fingerprint density at radius 3 is 2.40 bits per heavy atom. The third kappa shape index (κ3) is 3.76. The van der Waals surface area contributed by atoms with E-state index in [1.54, 1.807) is 0 Å². The lowest BCUT2D eigenvalue weighted by Gasteiger charge is -2.15. The van der Waals surface area contributed by atoms with Crippen molar-refractivity contribution in [3.8, 4) is 0 Å². The van der Waals surface area contributed by atoms with Gasteiger partial charge in [-0.2, -0.15) is 0 Å². The molecule has 0 aromatic heterocycles. The first-order chi connectivity index (χ1) is 7.17. The molecule has 0 saturated carbocycles. The van der Waals surface area contributed by atoms with E-state index in [0.29, 0.717) is 5.75 Å². The second-order valence-electron chi connectivity index (χ2n) is 3.65. The molecule has 0 heterocycles. The number of rotatable bonds is 5. The summed E-state index contributed by atoms with van der Waals surface area (Å²) in [5.74, 6) is 1.42. The zero-order valence-corrected chi connectivity index (χ0v) is 10.4. The van der Waals surface area contributed by atoms with Gasteiger partial charge in [0.2, 0.25) is 0 Å². The Hall–Kier alpha value is -0.670. The Morgan fingerprint density at radius 1 is 1.33 bits per heavy atom. The Bertz CT molecular complexity index is 321. The fraction of sp³-hybridized carbons (Fsp3) is 0.500. The summed E-state index contributed by atoms with van der Waals surface area (Å²) in [5, 5.41) is 3.21. The van der Waals surface area contributed by atoms with Crippen LogP contribution in [-0.2, 0) is 10.8 Å². The van der Waals surface area contributed by atoms with Gasteiger partial charge in [0.25, 0.3) is 0 Å². The van der Waals surface area contributed by atoms with Crippen LogP contribution >= 0.6 is 0 Å². The fourth-order valence-electron chi connectivity index (χ4n) is 1.45. The van der Waals surface area contributed by atoms with E-state index in [2.05, 4.69) is 36.5 Å². The van der Waals surface area contributed by atoms with Crippen LogP contribution in [0.2, 0.25) is 0 Å². The highest BCUT2D eigenvalue weighted by molar-refractivity contribution is 7.84. The minimum atomic E-state index is -0.725.